The van der Waals surface area contributed by atoms with E-state index in [1.54, 1.807) is 16.4 Å². The minimum atomic E-state index is -3.64. The Morgan fingerprint density at radius 3 is 2.41 bits per heavy atom. The fourth-order valence-electron chi connectivity index (χ4n) is 4.70. The molecule has 0 amide bonds. The van der Waals surface area contributed by atoms with Crippen molar-refractivity contribution in [1.82, 2.24) is 8.61 Å². The van der Waals surface area contributed by atoms with E-state index in [2.05, 4.69) is 5.87 Å². The van der Waals surface area contributed by atoms with Crippen molar-refractivity contribution in [1.29, 1.82) is 0 Å². The number of nitrogens with two attached hydrogens (primary N) is 1. The van der Waals surface area contributed by atoms with Crippen LogP contribution in [0.3, 0.4) is 0 Å². The summed E-state index contributed by atoms with van der Waals surface area (Å²) in [5.74, 6) is 3.39. The molecule has 2 aromatic rings. The highest BCUT2D eigenvalue weighted by molar-refractivity contribution is 7.96. The zero-order valence-corrected chi connectivity index (χ0v) is 20.9. The van der Waals surface area contributed by atoms with Gasteiger partial charge in [-0.25, -0.2) is 26.5 Å². The first-order chi connectivity index (χ1) is 16.1. The Morgan fingerprint density at radius 2 is 1.79 bits per heavy atom. The molecule has 0 saturated carbocycles. The molecular formula is C24H32FN3O4S2. The molecule has 186 valence electrons. The zero-order chi connectivity index (χ0) is 24.5. The van der Waals surface area contributed by atoms with Gasteiger partial charge in [0.15, 0.2) is 0 Å². The van der Waals surface area contributed by atoms with Crippen LogP contribution in [-0.2, 0) is 26.5 Å². The molecule has 2 heterocycles. The largest absolute Gasteiger partial charge is 0.490 e. The van der Waals surface area contributed by atoms with Crippen LogP contribution in [0.2, 0.25) is 0 Å². The first-order valence-corrected chi connectivity index (χ1v) is 14.7. The van der Waals surface area contributed by atoms with Gasteiger partial charge in [-0.15, -0.1) is 0 Å². The van der Waals surface area contributed by atoms with Crippen LogP contribution in [0, 0.1) is 5.82 Å². The van der Waals surface area contributed by atoms with E-state index in [0.29, 0.717) is 50.1 Å². The normalized spacial score (nSPS) is 26.1. The molecule has 10 heteroatoms. The van der Waals surface area contributed by atoms with E-state index in [1.165, 1.54) is 10.4 Å². The summed E-state index contributed by atoms with van der Waals surface area (Å²) >= 11 is 0. The number of nitrogens with zero attached hydrogens (tertiary/aromatic N) is 2. The third kappa shape index (κ3) is 5.46. The minimum Gasteiger partial charge on any atom is -0.490 e. The van der Waals surface area contributed by atoms with Crippen LogP contribution in [0.15, 0.2) is 48.5 Å². The first-order valence-electron chi connectivity index (χ1n) is 11.5. The molecule has 0 bridgehead atoms. The van der Waals surface area contributed by atoms with Crippen molar-refractivity contribution in [2.45, 2.75) is 56.5 Å². The summed E-state index contributed by atoms with van der Waals surface area (Å²) in [7, 11) is -6.36. The smallest absolute Gasteiger partial charge is 0.221 e. The second-order valence-corrected chi connectivity index (χ2v) is 13.1. The molecule has 0 spiro atoms. The summed E-state index contributed by atoms with van der Waals surface area (Å²) in [6.07, 6.45) is 2.33. The van der Waals surface area contributed by atoms with Crippen molar-refractivity contribution < 1.29 is 21.8 Å². The summed E-state index contributed by atoms with van der Waals surface area (Å²) in [6, 6.07) is 13.6. The molecule has 34 heavy (non-hydrogen) atoms. The third-order valence-electron chi connectivity index (χ3n) is 6.69. The van der Waals surface area contributed by atoms with Crippen LogP contribution in [-0.4, -0.2) is 52.3 Å². The average Bonchev–Trinajstić information content (AvgIpc) is 2.78. The molecule has 2 fully saturated rings. The number of hydrogen-bond acceptors (Lipinski definition) is 4. The van der Waals surface area contributed by atoms with Gasteiger partial charge in [0, 0.05) is 37.3 Å². The molecule has 0 aliphatic carbocycles. The average molecular weight is 510 g/mol. The topological polar surface area (TPSA) is 92.9 Å². The quantitative estimate of drug-likeness (QED) is 0.605. The highest BCUT2D eigenvalue weighted by Crippen LogP contribution is 2.38. The Labute approximate surface area is 202 Å². The summed E-state index contributed by atoms with van der Waals surface area (Å²) in [5.41, 5.74) is 1.07. The van der Waals surface area contributed by atoms with Crippen molar-refractivity contribution in [3.63, 3.8) is 0 Å². The van der Waals surface area contributed by atoms with Crippen LogP contribution in [0.4, 0.5) is 4.39 Å². The van der Waals surface area contributed by atoms with Crippen molar-refractivity contribution in [3.05, 3.63) is 65.5 Å². The summed E-state index contributed by atoms with van der Waals surface area (Å²) in [4.78, 5) is 0. The second-order valence-electron chi connectivity index (χ2n) is 9.11. The lowest BCUT2D eigenvalue weighted by atomic mass is 10.0. The number of sulfonamides is 1. The van der Waals surface area contributed by atoms with Crippen LogP contribution in [0.25, 0.3) is 0 Å². The molecule has 1 unspecified atom stereocenters. The fraction of sp³-hybridized carbons (Fsp3) is 0.458. The van der Waals surface area contributed by atoms with E-state index in [4.69, 9.17) is 9.88 Å². The second kappa shape index (κ2) is 9.94. The summed E-state index contributed by atoms with van der Waals surface area (Å²) in [6.45, 7) is 2.84. The lowest BCUT2D eigenvalue weighted by molar-refractivity contribution is 0.136. The van der Waals surface area contributed by atoms with Crippen LogP contribution in [0.5, 0.6) is 5.75 Å². The number of rotatable bonds is 6. The molecule has 0 radical (unpaired) electrons. The van der Waals surface area contributed by atoms with Gasteiger partial charge in [-0.05, 0) is 50.1 Å². The fourth-order valence-corrected chi connectivity index (χ4v) is 7.72. The maximum atomic E-state index is 15.0. The number of piperidine rings is 1. The van der Waals surface area contributed by atoms with Crippen LogP contribution >= 0.6 is 0 Å². The zero-order valence-electron chi connectivity index (χ0n) is 19.3. The molecular weight excluding hydrogens is 477 g/mol. The molecule has 7 nitrogen and oxygen atoms in total. The van der Waals surface area contributed by atoms with Gasteiger partial charge in [0.1, 0.15) is 22.9 Å². The molecule has 0 aromatic heterocycles. The number of hydrogen-bond donors (Lipinski definition) is 1. The first kappa shape index (κ1) is 25.1. The van der Waals surface area contributed by atoms with Crippen molar-refractivity contribution >= 4 is 25.8 Å². The molecule has 2 saturated heterocycles. The highest BCUT2D eigenvalue weighted by atomic mass is 32.2. The maximum absolute atomic E-state index is 15.0. The van der Waals surface area contributed by atoms with Crippen molar-refractivity contribution in [2.75, 3.05) is 13.1 Å². The Balaban J connectivity index is 1.45. The SMILES string of the molecule is C=S(N)(=O)N1CCC(Oc2ccc(CN3[C@@H](C)CC[C@H](c4ccccc4)S3(=O)=O)c(F)c2)CC1. The molecule has 3 atom stereocenters. The van der Waals surface area contributed by atoms with E-state index in [1.807, 2.05) is 37.3 Å². The number of halogens is 1. The Bertz CT molecular complexity index is 1210. The highest BCUT2D eigenvalue weighted by Gasteiger charge is 2.40. The van der Waals surface area contributed by atoms with Crippen molar-refractivity contribution in [2.24, 2.45) is 5.14 Å². The monoisotopic (exact) mass is 509 g/mol. The van der Waals surface area contributed by atoms with Gasteiger partial charge in [0.25, 0.3) is 0 Å². The standard InChI is InChI=1S/C24H32FN3O4S2/c1-18-8-11-24(19-6-4-3-5-7-19)34(30,31)28(18)17-20-9-10-22(16-23(20)25)32-21-12-14-27(15-13-21)33(2,26)29/h3-7,9-10,16,18,21,24H,2,8,11-15,17H2,1H3,(H2,26,29)/t18-,24+,33?/m0/s1. The summed E-state index contributed by atoms with van der Waals surface area (Å²) < 4.78 is 62.7. The van der Waals surface area contributed by atoms with Gasteiger partial charge in [0.05, 0.1) is 9.89 Å². The van der Waals surface area contributed by atoms with Gasteiger partial charge >= 0.3 is 0 Å². The lowest BCUT2D eigenvalue weighted by Crippen LogP contribution is -2.45. The lowest BCUT2D eigenvalue weighted by Gasteiger charge is -2.37. The van der Waals surface area contributed by atoms with Crippen LogP contribution < -0.4 is 9.88 Å². The van der Waals surface area contributed by atoms with E-state index >= 15 is 4.39 Å². The van der Waals surface area contributed by atoms with Gasteiger partial charge in [-0.1, -0.05) is 36.4 Å². The predicted molar refractivity (Wildman–Crippen MR) is 133 cm³/mol. The van der Waals surface area contributed by atoms with E-state index in [-0.39, 0.29) is 18.7 Å². The third-order valence-corrected chi connectivity index (χ3v) is 10.3. The van der Waals surface area contributed by atoms with Crippen LogP contribution in [0.1, 0.15) is 49.0 Å². The summed E-state index contributed by atoms with van der Waals surface area (Å²) in [5, 5.41) is 4.98. The van der Waals surface area contributed by atoms with E-state index in [0.717, 1.165) is 5.56 Å². The molecule has 2 N–H and O–H groups in total. The van der Waals surface area contributed by atoms with Crippen molar-refractivity contribution in [3.8, 4) is 5.75 Å². The molecule has 2 aliphatic rings. The van der Waals surface area contributed by atoms with Gasteiger partial charge in [-0.3, -0.25) is 0 Å². The molecule has 2 aliphatic heterocycles. The minimum absolute atomic E-state index is 0.0221. The Kier molecular flexibility index (Phi) is 7.35. The Hall–Kier alpha value is -1.98. The Morgan fingerprint density at radius 1 is 1.12 bits per heavy atom. The molecule has 4 rings (SSSR count). The van der Waals surface area contributed by atoms with Gasteiger partial charge in [0.2, 0.25) is 10.0 Å². The number of benzene rings is 2. The molecule has 2 aromatic carbocycles. The maximum Gasteiger partial charge on any atom is 0.221 e. The van der Waals surface area contributed by atoms with Gasteiger partial charge in [-0.2, -0.15) is 4.31 Å². The predicted octanol–water partition coefficient (Wildman–Crippen LogP) is 3.23. The van der Waals surface area contributed by atoms with E-state index < -0.39 is 31.0 Å². The van der Waals surface area contributed by atoms with E-state index in [9.17, 15) is 12.6 Å². The number of ether oxygens (including phenoxy) is 1. The van der Waals surface area contributed by atoms with Gasteiger partial charge < -0.3 is 4.74 Å².